The highest BCUT2D eigenvalue weighted by Gasteiger charge is 2.46. The van der Waals surface area contributed by atoms with Crippen LogP contribution < -0.4 is 10.1 Å². The van der Waals surface area contributed by atoms with Crippen molar-refractivity contribution in [2.75, 3.05) is 38.7 Å². The number of ether oxygens (including phenoxy) is 2. The van der Waals surface area contributed by atoms with E-state index in [1.807, 2.05) is 4.90 Å². The van der Waals surface area contributed by atoms with E-state index in [1.165, 1.54) is 23.9 Å². The third kappa shape index (κ3) is 6.78. The number of anilines is 1. The number of methoxy groups -OCH3 is 1. The molecule has 0 spiro atoms. The number of carboxylic acid groups (broad SMARTS) is 1. The van der Waals surface area contributed by atoms with Gasteiger partial charge in [0.2, 0.25) is 0 Å². The van der Waals surface area contributed by atoms with Gasteiger partial charge in [0.15, 0.2) is 11.6 Å². The number of nitrogens with zero attached hydrogens (tertiary/aromatic N) is 3. The summed E-state index contributed by atoms with van der Waals surface area (Å²) in [5, 5.41) is 16.6. The molecule has 2 aromatic rings. The molecule has 3 rings (SSSR count). The Morgan fingerprint density at radius 2 is 1.95 bits per heavy atom. The number of carbonyl (C=O) groups excluding carboxylic acids is 1. The van der Waals surface area contributed by atoms with Crippen molar-refractivity contribution in [3.05, 3.63) is 40.9 Å². The molecule has 1 aromatic carbocycles. The molecule has 0 bridgehead atoms. The molecule has 13 heteroatoms. The third-order valence-electron chi connectivity index (χ3n) is 6.72. The minimum absolute atomic E-state index is 0.0225. The van der Waals surface area contributed by atoms with Gasteiger partial charge >= 0.3 is 12.6 Å². The lowest BCUT2D eigenvalue weighted by Crippen LogP contribution is -2.55. The zero-order valence-corrected chi connectivity index (χ0v) is 22.2. The predicted molar refractivity (Wildman–Crippen MR) is 134 cm³/mol. The molecular formula is C25H32ClF3N4O5. The highest BCUT2D eigenvalue weighted by atomic mass is 35.5. The van der Waals surface area contributed by atoms with Crippen molar-refractivity contribution in [2.45, 2.75) is 51.2 Å². The second kappa shape index (κ2) is 12.8. The molecular weight excluding hydrogens is 529 g/mol. The van der Waals surface area contributed by atoms with Crippen molar-refractivity contribution in [3.63, 3.8) is 0 Å². The van der Waals surface area contributed by atoms with Gasteiger partial charge in [-0.05, 0) is 37.3 Å². The Morgan fingerprint density at radius 1 is 1.26 bits per heavy atom. The van der Waals surface area contributed by atoms with Gasteiger partial charge < -0.3 is 24.8 Å². The molecule has 1 saturated heterocycles. The van der Waals surface area contributed by atoms with Crippen molar-refractivity contribution in [3.8, 4) is 5.75 Å². The van der Waals surface area contributed by atoms with Crippen LogP contribution in [0.5, 0.6) is 5.75 Å². The second-order valence-corrected chi connectivity index (χ2v) is 10.0. The molecule has 1 aromatic heterocycles. The van der Waals surface area contributed by atoms with Crippen LogP contribution in [0.1, 0.15) is 44.7 Å². The summed E-state index contributed by atoms with van der Waals surface area (Å²) < 4.78 is 51.7. The summed E-state index contributed by atoms with van der Waals surface area (Å²) in [6.45, 7) is 1.61. The molecule has 2 N–H and O–H groups in total. The van der Waals surface area contributed by atoms with Crippen LogP contribution in [0, 0.1) is 11.7 Å². The zero-order valence-electron chi connectivity index (χ0n) is 21.4. The van der Waals surface area contributed by atoms with Gasteiger partial charge in [0.05, 0.1) is 23.5 Å². The molecule has 0 saturated carbocycles. The smallest absolute Gasteiger partial charge is 0.387 e. The molecule has 0 unspecified atom stereocenters. The minimum Gasteiger partial charge on any atom is -0.481 e. The standard InChI is InChI=1S/C25H32ClF3N4O5/c1-15(2)21-18(27)13-30-33(21)25(7-9-32(10-8-25)14-16(22(34)35)6-11-37-3)23(36)31-19-5-4-17(26)12-20(19)38-24(28)29/h4-5,12-13,15-16,24H,6-11,14H2,1-3H3,(H,31,36)(H,34,35)/t16-/m0/s1. The number of hydrogen-bond donors (Lipinski definition) is 2. The number of benzene rings is 1. The highest BCUT2D eigenvalue weighted by molar-refractivity contribution is 6.30. The normalized spacial score (nSPS) is 16.6. The molecule has 2 heterocycles. The van der Waals surface area contributed by atoms with Gasteiger partial charge in [0.1, 0.15) is 5.54 Å². The highest BCUT2D eigenvalue weighted by Crippen LogP contribution is 2.37. The van der Waals surface area contributed by atoms with Crippen molar-refractivity contribution < 1.29 is 37.3 Å². The van der Waals surface area contributed by atoms with E-state index in [9.17, 15) is 27.9 Å². The number of aromatic nitrogens is 2. The Kier molecular flexibility index (Phi) is 10.0. The molecule has 1 amide bonds. The molecule has 0 aliphatic carbocycles. The number of likely N-dealkylation sites (tertiary alicyclic amines) is 1. The van der Waals surface area contributed by atoms with Gasteiger partial charge in [0.25, 0.3) is 5.91 Å². The van der Waals surface area contributed by atoms with E-state index in [0.29, 0.717) is 26.1 Å². The van der Waals surface area contributed by atoms with E-state index in [2.05, 4.69) is 15.2 Å². The Bertz CT molecular complexity index is 1120. The van der Waals surface area contributed by atoms with E-state index in [-0.39, 0.29) is 47.5 Å². The maximum atomic E-state index is 14.8. The van der Waals surface area contributed by atoms with Crippen LogP contribution in [0.15, 0.2) is 24.4 Å². The monoisotopic (exact) mass is 560 g/mol. The van der Waals surface area contributed by atoms with E-state index >= 15 is 0 Å². The van der Waals surface area contributed by atoms with Crippen LogP contribution in [0.2, 0.25) is 5.02 Å². The number of nitrogens with one attached hydrogen (secondary N) is 1. The van der Waals surface area contributed by atoms with Crippen LogP contribution in [-0.4, -0.2) is 71.6 Å². The predicted octanol–water partition coefficient (Wildman–Crippen LogP) is 4.57. The quantitative estimate of drug-likeness (QED) is 0.392. The second-order valence-electron chi connectivity index (χ2n) is 9.57. The number of halogens is 4. The van der Waals surface area contributed by atoms with Gasteiger partial charge in [-0.25, -0.2) is 4.39 Å². The molecule has 9 nitrogen and oxygen atoms in total. The lowest BCUT2D eigenvalue weighted by molar-refractivity contribution is -0.143. The molecule has 38 heavy (non-hydrogen) atoms. The van der Waals surface area contributed by atoms with Gasteiger partial charge in [-0.3, -0.25) is 14.3 Å². The number of carboxylic acids is 1. The largest absolute Gasteiger partial charge is 0.481 e. The van der Waals surface area contributed by atoms with E-state index in [1.54, 1.807) is 13.8 Å². The summed E-state index contributed by atoms with van der Waals surface area (Å²) in [4.78, 5) is 27.5. The molecule has 0 radical (unpaired) electrons. The summed E-state index contributed by atoms with van der Waals surface area (Å²) in [6.07, 6.45) is 1.73. The first-order valence-corrected chi connectivity index (χ1v) is 12.6. The van der Waals surface area contributed by atoms with Crippen LogP contribution in [0.25, 0.3) is 0 Å². The molecule has 1 aliphatic heterocycles. The fourth-order valence-corrected chi connectivity index (χ4v) is 4.90. The van der Waals surface area contributed by atoms with Crippen molar-refractivity contribution >= 4 is 29.2 Å². The summed E-state index contributed by atoms with van der Waals surface area (Å²) in [6, 6.07) is 3.93. The lowest BCUT2D eigenvalue weighted by Gasteiger charge is -2.42. The third-order valence-corrected chi connectivity index (χ3v) is 6.96. The van der Waals surface area contributed by atoms with Crippen LogP contribution in [-0.2, 0) is 19.9 Å². The Hall–Kier alpha value is -2.83. The Labute approximate surface area is 223 Å². The van der Waals surface area contributed by atoms with E-state index in [4.69, 9.17) is 16.3 Å². The van der Waals surface area contributed by atoms with Crippen molar-refractivity contribution in [1.82, 2.24) is 14.7 Å². The molecule has 1 aliphatic rings. The van der Waals surface area contributed by atoms with E-state index in [0.717, 1.165) is 12.3 Å². The van der Waals surface area contributed by atoms with E-state index < -0.39 is 35.8 Å². The Morgan fingerprint density at radius 3 is 2.53 bits per heavy atom. The fraction of sp³-hybridized carbons (Fsp3) is 0.560. The van der Waals surface area contributed by atoms with Crippen molar-refractivity contribution in [2.24, 2.45) is 5.92 Å². The maximum Gasteiger partial charge on any atom is 0.387 e. The summed E-state index contributed by atoms with van der Waals surface area (Å²) >= 11 is 5.93. The van der Waals surface area contributed by atoms with Gasteiger partial charge in [0, 0.05) is 44.4 Å². The first kappa shape index (κ1) is 29.7. The number of piperidine rings is 1. The first-order chi connectivity index (χ1) is 18.0. The SMILES string of the molecule is COCC[C@@H](CN1CCC(C(=O)Nc2ccc(Cl)cc2OC(F)F)(n2ncc(F)c2C(C)C)CC1)C(=O)O. The summed E-state index contributed by atoms with van der Waals surface area (Å²) in [5.74, 6) is -3.37. The number of carbonyl (C=O) groups is 2. The summed E-state index contributed by atoms with van der Waals surface area (Å²) in [5.41, 5.74) is -1.16. The topological polar surface area (TPSA) is 106 Å². The summed E-state index contributed by atoms with van der Waals surface area (Å²) in [7, 11) is 1.50. The molecule has 1 atom stereocenters. The minimum atomic E-state index is -3.14. The maximum absolute atomic E-state index is 14.8. The Balaban J connectivity index is 1.93. The average molecular weight is 561 g/mol. The lowest BCUT2D eigenvalue weighted by atomic mass is 9.85. The molecule has 210 valence electrons. The number of aliphatic carboxylic acids is 1. The van der Waals surface area contributed by atoms with Gasteiger partial charge in [-0.15, -0.1) is 0 Å². The van der Waals surface area contributed by atoms with Crippen LogP contribution in [0.4, 0.5) is 18.9 Å². The zero-order chi connectivity index (χ0) is 28.0. The number of hydrogen-bond acceptors (Lipinski definition) is 6. The van der Waals surface area contributed by atoms with Crippen LogP contribution in [0.3, 0.4) is 0 Å². The van der Waals surface area contributed by atoms with Gasteiger partial charge in [-0.2, -0.15) is 13.9 Å². The van der Waals surface area contributed by atoms with Crippen LogP contribution >= 0.6 is 11.6 Å². The molecule has 1 fully saturated rings. The number of rotatable bonds is 12. The van der Waals surface area contributed by atoms with Gasteiger partial charge in [-0.1, -0.05) is 25.4 Å². The first-order valence-electron chi connectivity index (χ1n) is 12.2. The van der Waals surface area contributed by atoms with Crippen molar-refractivity contribution in [1.29, 1.82) is 0 Å². The average Bonchev–Trinajstić information content (AvgIpc) is 3.25. The number of amides is 1. The fourth-order valence-electron chi connectivity index (χ4n) is 4.74. The number of alkyl halides is 2.